The van der Waals surface area contributed by atoms with Crippen LogP contribution in [-0.2, 0) is 26.6 Å². The molecule has 0 aliphatic carbocycles. The van der Waals surface area contributed by atoms with Crippen molar-refractivity contribution in [2.75, 3.05) is 39.4 Å². The summed E-state index contributed by atoms with van der Waals surface area (Å²) in [5, 5.41) is 4.35. The van der Waals surface area contributed by atoms with Gasteiger partial charge in [-0.25, -0.2) is 8.42 Å². The number of amides is 1. The third kappa shape index (κ3) is 3.09. The van der Waals surface area contributed by atoms with Crippen LogP contribution in [-0.4, -0.2) is 72.7 Å². The highest BCUT2D eigenvalue weighted by Gasteiger charge is 2.59. The van der Waals surface area contributed by atoms with Crippen LogP contribution in [0.3, 0.4) is 0 Å². The van der Waals surface area contributed by atoms with E-state index in [1.807, 2.05) is 4.90 Å². The third-order valence-electron chi connectivity index (χ3n) is 6.23. The van der Waals surface area contributed by atoms with Crippen LogP contribution in [0.2, 0.25) is 0 Å². The van der Waals surface area contributed by atoms with Gasteiger partial charge in [0.15, 0.2) is 5.03 Å². The maximum Gasteiger partial charge on any atom is 0.260 e. The molecular weight excluding hydrogens is 368 g/mol. The Hall–Kier alpha value is -1.45. The maximum atomic E-state index is 13.4. The molecule has 2 atom stereocenters. The Balaban J connectivity index is 1.61. The van der Waals surface area contributed by atoms with Gasteiger partial charge in [0.05, 0.1) is 24.3 Å². The summed E-state index contributed by atoms with van der Waals surface area (Å²) >= 11 is 0. The van der Waals surface area contributed by atoms with Crippen molar-refractivity contribution in [1.29, 1.82) is 0 Å². The van der Waals surface area contributed by atoms with Gasteiger partial charge in [0.2, 0.25) is 5.91 Å². The number of carbonyl (C=O) groups is 1. The molecule has 0 aromatic carbocycles. The Morgan fingerprint density at radius 3 is 2.59 bits per heavy atom. The van der Waals surface area contributed by atoms with Gasteiger partial charge in [-0.1, -0.05) is 12.8 Å². The van der Waals surface area contributed by atoms with Crippen molar-refractivity contribution in [1.82, 2.24) is 19.0 Å². The van der Waals surface area contributed by atoms with Gasteiger partial charge in [0.25, 0.3) is 10.0 Å². The first-order valence-corrected chi connectivity index (χ1v) is 11.2. The van der Waals surface area contributed by atoms with Gasteiger partial charge in [0.1, 0.15) is 0 Å². The van der Waals surface area contributed by atoms with E-state index in [4.69, 9.17) is 4.74 Å². The lowest BCUT2D eigenvalue weighted by Gasteiger charge is -2.32. The molecule has 0 radical (unpaired) electrons. The second-order valence-electron chi connectivity index (χ2n) is 8.12. The van der Waals surface area contributed by atoms with Crippen LogP contribution in [0.4, 0.5) is 0 Å². The van der Waals surface area contributed by atoms with Crippen LogP contribution in [0, 0.1) is 18.3 Å². The Morgan fingerprint density at radius 2 is 1.96 bits per heavy atom. The van der Waals surface area contributed by atoms with Gasteiger partial charge in [-0.05, 0) is 25.8 Å². The second kappa shape index (κ2) is 6.86. The van der Waals surface area contributed by atoms with Crippen molar-refractivity contribution in [3.05, 3.63) is 11.8 Å². The van der Waals surface area contributed by atoms with Gasteiger partial charge in [-0.2, -0.15) is 9.40 Å². The minimum Gasteiger partial charge on any atom is -0.380 e. The van der Waals surface area contributed by atoms with Gasteiger partial charge >= 0.3 is 0 Å². The molecule has 0 saturated carbocycles. The van der Waals surface area contributed by atoms with Gasteiger partial charge in [-0.3, -0.25) is 9.48 Å². The van der Waals surface area contributed by atoms with Crippen LogP contribution in [0.15, 0.2) is 11.1 Å². The highest BCUT2D eigenvalue weighted by Crippen LogP contribution is 2.44. The number of likely N-dealkylation sites (tertiary alicyclic amines) is 1. The lowest BCUT2D eigenvalue weighted by molar-refractivity contribution is -0.142. The highest BCUT2D eigenvalue weighted by molar-refractivity contribution is 7.89. The highest BCUT2D eigenvalue weighted by atomic mass is 32.2. The van der Waals surface area contributed by atoms with Crippen molar-refractivity contribution >= 4 is 15.9 Å². The number of hydrogen-bond donors (Lipinski definition) is 0. The minimum absolute atomic E-state index is 0.0748. The number of carbonyl (C=O) groups excluding carboxylic acids is 1. The van der Waals surface area contributed by atoms with Crippen molar-refractivity contribution in [2.24, 2.45) is 18.4 Å². The summed E-state index contributed by atoms with van der Waals surface area (Å²) in [5.74, 6) is -0.0110. The number of fused-ring (bicyclic) bond motifs is 1. The molecular formula is C18H28N4O4S. The molecule has 8 nitrogen and oxygen atoms in total. The number of rotatable bonds is 3. The lowest BCUT2D eigenvalue weighted by atomic mass is 9.79. The van der Waals surface area contributed by atoms with Crippen LogP contribution in [0.5, 0.6) is 0 Å². The summed E-state index contributed by atoms with van der Waals surface area (Å²) in [7, 11) is -2.06. The fourth-order valence-electron chi connectivity index (χ4n) is 4.72. The van der Waals surface area contributed by atoms with Crippen molar-refractivity contribution in [3.8, 4) is 0 Å². The molecule has 1 aromatic rings. The number of ether oxygens (including phenoxy) is 1. The lowest BCUT2D eigenvalue weighted by Crippen LogP contribution is -2.49. The number of aryl methyl sites for hydroxylation is 2. The topological polar surface area (TPSA) is 84.7 Å². The quantitative estimate of drug-likeness (QED) is 0.753. The molecule has 9 heteroatoms. The van der Waals surface area contributed by atoms with Gasteiger partial charge in [0, 0.05) is 39.1 Å². The number of sulfonamides is 1. The van der Waals surface area contributed by atoms with E-state index >= 15 is 0 Å². The molecule has 3 aliphatic rings. The average Bonchev–Trinajstić information content (AvgIpc) is 3.20. The predicted octanol–water partition coefficient (Wildman–Crippen LogP) is 0.768. The summed E-state index contributed by atoms with van der Waals surface area (Å²) in [4.78, 5) is 15.4. The van der Waals surface area contributed by atoms with E-state index in [0.717, 1.165) is 38.8 Å². The molecule has 0 bridgehead atoms. The fraction of sp³-hybridized carbons (Fsp3) is 0.778. The Bertz CT molecular complexity index is 828. The zero-order chi connectivity index (χ0) is 19.2. The first-order chi connectivity index (χ1) is 12.8. The molecule has 150 valence electrons. The monoisotopic (exact) mass is 396 g/mol. The first kappa shape index (κ1) is 18.9. The Morgan fingerprint density at radius 1 is 1.26 bits per heavy atom. The molecule has 4 heterocycles. The van der Waals surface area contributed by atoms with Crippen LogP contribution in [0.1, 0.15) is 31.4 Å². The third-order valence-corrected chi connectivity index (χ3v) is 8.09. The summed E-state index contributed by atoms with van der Waals surface area (Å²) in [5.41, 5.74) is -0.0837. The van der Waals surface area contributed by atoms with Crippen molar-refractivity contribution in [3.63, 3.8) is 0 Å². The Kier molecular flexibility index (Phi) is 4.80. The fourth-order valence-corrected chi connectivity index (χ4v) is 6.46. The molecule has 1 aromatic heterocycles. The average molecular weight is 397 g/mol. The van der Waals surface area contributed by atoms with E-state index in [1.165, 1.54) is 8.99 Å². The molecule has 0 spiro atoms. The molecule has 4 rings (SSSR count). The van der Waals surface area contributed by atoms with Crippen LogP contribution in [0.25, 0.3) is 0 Å². The molecule has 27 heavy (non-hydrogen) atoms. The normalized spacial score (nSPS) is 29.7. The molecule has 0 unspecified atom stereocenters. The van der Waals surface area contributed by atoms with E-state index in [2.05, 4.69) is 5.10 Å². The summed E-state index contributed by atoms with van der Waals surface area (Å²) in [6, 6.07) is 1.59. The summed E-state index contributed by atoms with van der Waals surface area (Å²) in [6.07, 6.45) is 4.33. The standard InChI is InChI=1S/C18H28N4O4S/c1-14-9-16(20(2)19-14)27(24,25)22-10-15-11-26-13-18(15,12-22)17(23)21-7-5-3-4-6-8-21/h9,15H,3-8,10-13H2,1-2H3/t15-,18-/m1/s1. The van der Waals surface area contributed by atoms with E-state index in [0.29, 0.717) is 25.5 Å². The SMILES string of the molecule is Cc1cc(S(=O)(=O)N2C[C@@H]3COC[C@]3(C(=O)N3CCCCCC3)C2)n(C)n1. The van der Waals surface area contributed by atoms with Crippen molar-refractivity contribution in [2.45, 2.75) is 37.6 Å². The molecule has 0 N–H and O–H groups in total. The predicted molar refractivity (Wildman–Crippen MR) is 98.5 cm³/mol. The zero-order valence-corrected chi connectivity index (χ0v) is 16.9. The summed E-state index contributed by atoms with van der Waals surface area (Å²) in [6.45, 7) is 4.57. The number of aromatic nitrogens is 2. The molecule has 3 fully saturated rings. The van der Waals surface area contributed by atoms with Gasteiger partial charge in [-0.15, -0.1) is 0 Å². The largest absolute Gasteiger partial charge is 0.380 e. The maximum absolute atomic E-state index is 13.4. The van der Waals surface area contributed by atoms with E-state index in [-0.39, 0.29) is 23.4 Å². The van der Waals surface area contributed by atoms with E-state index < -0.39 is 15.4 Å². The van der Waals surface area contributed by atoms with Gasteiger partial charge < -0.3 is 9.64 Å². The zero-order valence-electron chi connectivity index (χ0n) is 16.1. The Labute approximate surface area is 160 Å². The number of hydrogen-bond acceptors (Lipinski definition) is 5. The van der Waals surface area contributed by atoms with E-state index in [9.17, 15) is 13.2 Å². The van der Waals surface area contributed by atoms with Crippen LogP contribution >= 0.6 is 0 Å². The smallest absolute Gasteiger partial charge is 0.260 e. The first-order valence-electron chi connectivity index (χ1n) is 9.72. The summed E-state index contributed by atoms with van der Waals surface area (Å²) < 4.78 is 34.9. The molecule has 3 saturated heterocycles. The minimum atomic E-state index is -3.69. The number of nitrogens with zero attached hydrogens (tertiary/aromatic N) is 4. The van der Waals surface area contributed by atoms with E-state index in [1.54, 1.807) is 20.0 Å². The van der Waals surface area contributed by atoms with Crippen LogP contribution < -0.4 is 0 Å². The molecule has 3 aliphatic heterocycles. The second-order valence-corrected chi connectivity index (χ2v) is 10.0. The molecule has 1 amide bonds. The van der Waals surface area contributed by atoms with Crippen molar-refractivity contribution < 1.29 is 17.9 Å².